The van der Waals surface area contributed by atoms with E-state index in [0.29, 0.717) is 35.5 Å². The van der Waals surface area contributed by atoms with Gasteiger partial charge in [0.15, 0.2) is 23.0 Å². The molecule has 0 bridgehead atoms. The van der Waals surface area contributed by atoms with Gasteiger partial charge in [0.1, 0.15) is 12.4 Å². The van der Waals surface area contributed by atoms with Crippen LogP contribution >= 0.6 is 0 Å². The van der Waals surface area contributed by atoms with Crippen molar-refractivity contribution in [2.75, 3.05) is 6.61 Å². The first-order valence-electron chi connectivity index (χ1n) is 9.29. The molecule has 0 saturated heterocycles. The summed E-state index contributed by atoms with van der Waals surface area (Å²) in [5.74, 6) is 2.30. The first-order chi connectivity index (χ1) is 13.8. The number of ether oxygens (including phenoxy) is 5. The lowest BCUT2D eigenvalue weighted by Crippen LogP contribution is -2.61. The molecule has 0 aromatic heterocycles. The van der Waals surface area contributed by atoms with E-state index < -0.39 is 11.9 Å². The quantitative estimate of drug-likeness (QED) is 0.675. The molecule has 3 aromatic rings. The Kier molecular flexibility index (Phi) is 3.27. The molecule has 0 aliphatic carbocycles. The highest BCUT2D eigenvalue weighted by atomic mass is 16.8. The third kappa shape index (κ3) is 2.26. The van der Waals surface area contributed by atoms with Crippen molar-refractivity contribution >= 4 is 0 Å². The van der Waals surface area contributed by atoms with E-state index in [0.717, 1.165) is 11.3 Å². The van der Waals surface area contributed by atoms with E-state index in [1.165, 1.54) is 0 Å². The molecular weight excluding hydrogens is 356 g/mol. The van der Waals surface area contributed by atoms with Crippen LogP contribution < -0.4 is 23.7 Å². The minimum atomic E-state index is -1.23. The second-order valence-electron chi connectivity index (χ2n) is 6.99. The van der Waals surface area contributed by atoms with Gasteiger partial charge in [-0.15, -0.1) is 0 Å². The Morgan fingerprint density at radius 2 is 1.29 bits per heavy atom. The van der Waals surface area contributed by atoms with Crippen molar-refractivity contribution < 1.29 is 23.7 Å². The molecule has 6 rings (SSSR count). The predicted octanol–water partition coefficient (Wildman–Crippen LogP) is 4.16. The maximum absolute atomic E-state index is 6.37. The van der Waals surface area contributed by atoms with Gasteiger partial charge in [-0.1, -0.05) is 42.5 Å². The molecular formula is C23H17O5. The zero-order chi connectivity index (χ0) is 18.6. The highest BCUT2D eigenvalue weighted by Gasteiger charge is 2.61. The van der Waals surface area contributed by atoms with Crippen LogP contribution in [0, 0.1) is 6.10 Å². The van der Waals surface area contributed by atoms with E-state index in [4.69, 9.17) is 23.7 Å². The van der Waals surface area contributed by atoms with Gasteiger partial charge in [0.25, 0.3) is 0 Å². The average Bonchev–Trinajstić information content (AvgIpc) is 3.36. The van der Waals surface area contributed by atoms with Gasteiger partial charge in [-0.2, -0.15) is 0 Å². The maximum Gasteiger partial charge on any atom is 0.337 e. The van der Waals surface area contributed by atoms with Gasteiger partial charge in [0.2, 0.25) is 12.2 Å². The first kappa shape index (κ1) is 15.7. The van der Waals surface area contributed by atoms with Crippen LogP contribution in [0.15, 0.2) is 72.8 Å². The third-order valence-electron chi connectivity index (χ3n) is 5.25. The van der Waals surface area contributed by atoms with Crippen molar-refractivity contribution in [3.8, 4) is 28.7 Å². The first-order valence-corrected chi connectivity index (χ1v) is 9.29. The summed E-state index contributed by atoms with van der Waals surface area (Å²) in [6, 6.07) is 23.2. The highest BCUT2D eigenvalue weighted by Crippen LogP contribution is 2.50. The minimum absolute atomic E-state index is 0.286. The number of fused-ring (bicyclic) bond motifs is 3. The van der Waals surface area contributed by atoms with Crippen molar-refractivity contribution in [2.24, 2.45) is 0 Å². The van der Waals surface area contributed by atoms with Gasteiger partial charge in [0.05, 0.1) is 0 Å². The lowest BCUT2D eigenvalue weighted by atomic mass is 9.98. The van der Waals surface area contributed by atoms with E-state index in [1.54, 1.807) is 0 Å². The number of hydrogen-bond acceptors (Lipinski definition) is 5. The topological polar surface area (TPSA) is 46.2 Å². The Morgan fingerprint density at radius 1 is 0.679 bits per heavy atom. The lowest BCUT2D eigenvalue weighted by Gasteiger charge is -2.39. The average molecular weight is 373 g/mol. The molecule has 3 aromatic carbocycles. The fraction of sp³-hybridized carbons (Fsp3) is 0.174. The van der Waals surface area contributed by atoms with Crippen LogP contribution in [0.2, 0.25) is 0 Å². The number of hydrogen-bond donors (Lipinski definition) is 0. The zero-order valence-electron chi connectivity index (χ0n) is 15.0. The summed E-state index contributed by atoms with van der Waals surface area (Å²) in [6.45, 7) is 0.286. The standard InChI is InChI=1S/C23H17O5/c1-2-8-16-15(7-1)13-21(25-16)23(27-19-11-5-6-12-20(19)28-23)22-14-24-17-9-3-4-10-18(17)26-22/h1-12,22H,13-14H2. The van der Waals surface area contributed by atoms with Crippen molar-refractivity contribution in [2.45, 2.75) is 18.3 Å². The molecule has 1 unspecified atom stereocenters. The molecule has 3 aliphatic rings. The fourth-order valence-corrected chi connectivity index (χ4v) is 3.88. The van der Waals surface area contributed by atoms with E-state index in [1.807, 2.05) is 72.8 Å². The van der Waals surface area contributed by atoms with E-state index in [-0.39, 0.29) is 6.61 Å². The van der Waals surface area contributed by atoms with Crippen LogP contribution in [0.5, 0.6) is 28.7 Å². The lowest BCUT2D eigenvalue weighted by molar-refractivity contribution is -0.178. The van der Waals surface area contributed by atoms with Gasteiger partial charge in [-0.05, 0) is 35.9 Å². The van der Waals surface area contributed by atoms with Crippen LogP contribution in [0.4, 0.5) is 0 Å². The molecule has 0 saturated carbocycles. The summed E-state index contributed by atoms with van der Waals surface area (Å²) in [5.41, 5.74) is 1.09. The van der Waals surface area contributed by atoms with Crippen molar-refractivity contribution in [1.29, 1.82) is 0 Å². The summed E-state index contributed by atoms with van der Waals surface area (Å²) in [4.78, 5) is 0. The molecule has 139 valence electrons. The van der Waals surface area contributed by atoms with Crippen molar-refractivity contribution in [3.05, 3.63) is 84.5 Å². The van der Waals surface area contributed by atoms with E-state index >= 15 is 0 Å². The minimum Gasteiger partial charge on any atom is -0.485 e. The summed E-state index contributed by atoms with van der Waals surface area (Å²) in [6.07, 6.45) is 0.725. The molecule has 0 N–H and O–H groups in total. The van der Waals surface area contributed by atoms with Crippen LogP contribution in [0.3, 0.4) is 0 Å². The maximum atomic E-state index is 6.37. The van der Waals surface area contributed by atoms with E-state index in [9.17, 15) is 0 Å². The Morgan fingerprint density at radius 3 is 2.00 bits per heavy atom. The van der Waals surface area contributed by atoms with Gasteiger partial charge in [-0.3, -0.25) is 0 Å². The Balaban J connectivity index is 1.40. The third-order valence-corrected chi connectivity index (χ3v) is 5.25. The van der Waals surface area contributed by atoms with Gasteiger partial charge in [-0.25, -0.2) is 0 Å². The molecule has 3 aliphatic heterocycles. The summed E-state index contributed by atoms with van der Waals surface area (Å²) >= 11 is 0. The summed E-state index contributed by atoms with van der Waals surface area (Å²) < 4.78 is 31.2. The number of benzene rings is 3. The second kappa shape index (κ2) is 5.83. The molecule has 0 spiro atoms. The molecule has 3 heterocycles. The molecule has 1 atom stereocenters. The summed E-state index contributed by atoms with van der Waals surface area (Å²) in [7, 11) is 0. The molecule has 0 amide bonds. The molecule has 1 radical (unpaired) electrons. The van der Waals surface area contributed by atoms with Gasteiger partial charge in [0, 0.05) is 6.42 Å². The van der Waals surface area contributed by atoms with Crippen LogP contribution in [-0.2, 0) is 6.42 Å². The second-order valence-corrected chi connectivity index (χ2v) is 6.99. The van der Waals surface area contributed by atoms with Gasteiger partial charge < -0.3 is 23.7 Å². The molecule has 0 fully saturated rings. The Bertz CT molecular complexity index is 996. The number of rotatable bonds is 2. The zero-order valence-corrected chi connectivity index (χ0v) is 15.0. The Labute approximate surface area is 162 Å². The Hall–Kier alpha value is -3.34. The normalized spacial score (nSPS) is 21.1. The molecule has 5 nitrogen and oxygen atoms in total. The van der Waals surface area contributed by atoms with Crippen molar-refractivity contribution in [3.63, 3.8) is 0 Å². The monoisotopic (exact) mass is 373 g/mol. The van der Waals surface area contributed by atoms with E-state index in [2.05, 4.69) is 0 Å². The van der Waals surface area contributed by atoms with Crippen LogP contribution in [0.25, 0.3) is 0 Å². The smallest absolute Gasteiger partial charge is 0.337 e. The molecule has 28 heavy (non-hydrogen) atoms. The predicted molar refractivity (Wildman–Crippen MR) is 101 cm³/mol. The van der Waals surface area contributed by atoms with Crippen LogP contribution in [-0.4, -0.2) is 18.5 Å². The largest absolute Gasteiger partial charge is 0.485 e. The summed E-state index contributed by atoms with van der Waals surface area (Å²) in [5, 5.41) is 0. The number of para-hydroxylation sites is 5. The molecule has 5 heteroatoms. The SMILES string of the molecule is c1ccc2c(c1)C[C](C1(C3COc4ccccc4O3)Oc3ccccc3O1)O2. The highest BCUT2D eigenvalue weighted by molar-refractivity contribution is 5.49. The fourth-order valence-electron chi connectivity index (χ4n) is 3.88. The van der Waals surface area contributed by atoms with Gasteiger partial charge >= 0.3 is 5.79 Å². The van der Waals surface area contributed by atoms with Crippen molar-refractivity contribution in [1.82, 2.24) is 0 Å². The van der Waals surface area contributed by atoms with Crippen LogP contribution in [0.1, 0.15) is 5.56 Å².